The summed E-state index contributed by atoms with van der Waals surface area (Å²) in [4.78, 5) is 29.3. The number of rotatable bonds is 6. The summed E-state index contributed by atoms with van der Waals surface area (Å²) in [6, 6.07) is 18.2. The average molecular weight is 570 g/mol. The summed E-state index contributed by atoms with van der Waals surface area (Å²) < 4.78 is 28.2. The molecule has 4 N–H and O–H groups in total. The molecule has 1 amide bonds. The van der Waals surface area contributed by atoms with Gasteiger partial charge < -0.3 is 21.3 Å². The fraction of sp³-hybridized carbons (Fsp3) is 0.133. The van der Waals surface area contributed by atoms with Crippen molar-refractivity contribution in [2.75, 3.05) is 30.0 Å². The monoisotopic (exact) mass is 569 g/mol. The van der Waals surface area contributed by atoms with Gasteiger partial charge in [-0.05, 0) is 67.1 Å². The summed E-state index contributed by atoms with van der Waals surface area (Å²) in [7, 11) is 2.11. The third-order valence-electron chi connectivity index (χ3n) is 6.78. The second-order valence-electron chi connectivity index (χ2n) is 9.72. The summed E-state index contributed by atoms with van der Waals surface area (Å²) in [5.41, 5.74) is 11.2. The lowest BCUT2D eigenvalue weighted by Gasteiger charge is -2.25. The highest BCUT2D eigenvalue weighted by Crippen LogP contribution is 2.38. The first-order valence-electron chi connectivity index (χ1n) is 12.9. The number of halogens is 2. The fourth-order valence-corrected chi connectivity index (χ4v) is 5.63. The molecule has 0 unspecified atom stereocenters. The van der Waals surface area contributed by atoms with Crippen molar-refractivity contribution in [2.24, 2.45) is 0 Å². The lowest BCUT2D eigenvalue weighted by Crippen LogP contribution is -2.26. The Bertz CT molecular complexity index is 1750. The molecular weight excluding hydrogens is 544 g/mol. The van der Waals surface area contributed by atoms with Gasteiger partial charge in [0, 0.05) is 36.2 Å². The molecule has 206 valence electrons. The Morgan fingerprint density at radius 1 is 0.976 bits per heavy atom. The molecule has 0 fully saturated rings. The van der Waals surface area contributed by atoms with Gasteiger partial charge in [-0.2, -0.15) is 0 Å². The summed E-state index contributed by atoms with van der Waals surface area (Å²) >= 11 is 1.27. The Balaban J connectivity index is 1.27. The van der Waals surface area contributed by atoms with Crippen LogP contribution >= 0.6 is 11.3 Å². The van der Waals surface area contributed by atoms with Crippen LogP contribution in [0.3, 0.4) is 0 Å². The largest absolute Gasteiger partial charge is 0.375 e. The number of anilines is 4. The number of fused-ring (bicyclic) bond motifs is 1. The molecule has 0 saturated heterocycles. The molecule has 2 aromatic heterocycles. The van der Waals surface area contributed by atoms with Gasteiger partial charge in [0.25, 0.3) is 5.91 Å². The second-order valence-corrected chi connectivity index (χ2v) is 10.8. The van der Waals surface area contributed by atoms with E-state index < -0.39 is 23.1 Å². The van der Waals surface area contributed by atoms with Crippen molar-refractivity contribution in [1.29, 1.82) is 0 Å². The van der Waals surface area contributed by atoms with Gasteiger partial charge in [0.2, 0.25) is 5.95 Å². The van der Waals surface area contributed by atoms with Crippen LogP contribution in [-0.2, 0) is 13.0 Å². The molecule has 8 nitrogen and oxygen atoms in total. The highest BCUT2D eigenvalue weighted by molar-refractivity contribution is 7.19. The molecule has 0 saturated carbocycles. The minimum Gasteiger partial charge on any atom is -0.375 e. The summed E-state index contributed by atoms with van der Waals surface area (Å²) in [6.45, 7) is 1.94. The Morgan fingerprint density at radius 2 is 1.78 bits per heavy atom. The number of thiazole rings is 1. The van der Waals surface area contributed by atoms with Crippen molar-refractivity contribution in [3.05, 3.63) is 101 Å². The van der Waals surface area contributed by atoms with Gasteiger partial charge in [0.1, 0.15) is 17.2 Å². The SMILES string of the molecule is CN1CCc2ccc(Nc3nccc(-c4sc(N)nc4-c4cccc(NC(=O)c5c(F)cccc5F)c4)n3)cc2C1. The third kappa shape index (κ3) is 5.63. The van der Waals surface area contributed by atoms with E-state index in [9.17, 15) is 13.6 Å². The van der Waals surface area contributed by atoms with Crippen molar-refractivity contribution >= 4 is 39.7 Å². The zero-order valence-electron chi connectivity index (χ0n) is 22.0. The van der Waals surface area contributed by atoms with Crippen LogP contribution in [-0.4, -0.2) is 39.4 Å². The van der Waals surface area contributed by atoms with Gasteiger partial charge in [-0.1, -0.05) is 35.6 Å². The topological polar surface area (TPSA) is 109 Å². The lowest BCUT2D eigenvalue weighted by atomic mass is 9.99. The number of nitrogens with one attached hydrogen (secondary N) is 2. The number of nitrogens with two attached hydrogens (primary N) is 1. The molecule has 41 heavy (non-hydrogen) atoms. The number of benzene rings is 3. The highest BCUT2D eigenvalue weighted by Gasteiger charge is 2.20. The fourth-order valence-electron chi connectivity index (χ4n) is 4.81. The Morgan fingerprint density at radius 3 is 2.61 bits per heavy atom. The molecule has 11 heteroatoms. The zero-order chi connectivity index (χ0) is 28.5. The molecule has 5 aromatic rings. The van der Waals surface area contributed by atoms with E-state index in [0.717, 1.165) is 37.3 Å². The second kappa shape index (κ2) is 11.0. The van der Waals surface area contributed by atoms with E-state index in [1.807, 2.05) is 12.1 Å². The molecule has 3 heterocycles. The Kier molecular flexibility index (Phi) is 7.12. The lowest BCUT2D eigenvalue weighted by molar-refractivity contribution is 0.101. The van der Waals surface area contributed by atoms with Crippen molar-refractivity contribution in [3.63, 3.8) is 0 Å². The Hall–Kier alpha value is -4.74. The number of likely N-dealkylation sites (N-methyl/N-ethyl adjacent to an activating group) is 1. The molecular formula is C30H25F2N7OS. The highest BCUT2D eigenvalue weighted by atomic mass is 32.1. The van der Waals surface area contributed by atoms with Crippen LogP contribution < -0.4 is 16.4 Å². The average Bonchev–Trinajstić information content (AvgIpc) is 3.35. The maximum Gasteiger partial charge on any atom is 0.261 e. The summed E-state index contributed by atoms with van der Waals surface area (Å²) in [5.74, 6) is -2.35. The van der Waals surface area contributed by atoms with E-state index in [1.54, 1.807) is 30.5 Å². The molecule has 0 spiro atoms. The van der Waals surface area contributed by atoms with Gasteiger partial charge in [0.05, 0.1) is 16.3 Å². The summed E-state index contributed by atoms with van der Waals surface area (Å²) in [5, 5.41) is 6.21. The predicted octanol–water partition coefficient (Wildman–Crippen LogP) is 6.11. The third-order valence-corrected chi connectivity index (χ3v) is 7.69. The normalized spacial score (nSPS) is 13.0. The first-order valence-corrected chi connectivity index (χ1v) is 13.7. The molecule has 1 aliphatic heterocycles. The number of nitrogen functional groups attached to an aromatic ring is 1. The van der Waals surface area contributed by atoms with E-state index in [0.29, 0.717) is 38.6 Å². The number of hydrogen-bond donors (Lipinski definition) is 3. The minimum absolute atomic E-state index is 0.338. The van der Waals surface area contributed by atoms with Gasteiger partial charge in [-0.15, -0.1) is 0 Å². The smallest absolute Gasteiger partial charge is 0.261 e. The quantitative estimate of drug-likeness (QED) is 0.226. The first kappa shape index (κ1) is 26.5. The number of aromatic nitrogens is 3. The van der Waals surface area contributed by atoms with Crippen LogP contribution in [0.1, 0.15) is 21.5 Å². The number of nitrogens with zero attached hydrogens (tertiary/aromatic N) is 4. The molecule has 1 aliphatic rings. The van der Waals surface area contributed by atoms with Crippen LogP contribution in [0.4, 0.5) is 31.2 Å². The van der Waals surface area contributed by atoms with Gasteiger partial charge >= 0.3 is 0 Å². The minimum atomic E-state index is -0.941. The van der Waals surface area contributed by atoms with Gasteiger partial charge in [-0.3, -0.25) is 4.79 Å². The molecule has 0 aliphatic carbocycles. The molecule has 0 atom stereocenters. The van der Waals surface area contributed by atoms with Crippen LogP contribution in [0, 0.1) is 11.6 Å². The molecule has 0 radical (unpaired) electrons. The van der Waals surface area contributed by atoms with Gasteiger partial charge in [-0.25, -0.2) is 23.7 Å². The molecule has 3 aromatic carbocycles. The zero-order valence-corrected chi connectivity index (χ0v) is 22.8. The van der Waals surface area contributed by atoms with Crippen molar-refractivity contribution < 1.29 is 13.6 Å². The van der Waals surface area contributed by atoms with E-state index in [2.05, 4.69) is 44.7 Å². The van der Waals surface area contributed by atoms with Crippen LogP contribution in [0.15, 0.2) is 72.9 Å². The number of amides is 1. The number of carbonyl (C=O) groups excluding carboxylic acids is 1. The van der Waals surface area contributed by atoms with E-state index >= 15 is 0 Å². The standard InChI is InChI=1S/C30H25F2N7OS/c1-39-13-11-17-8-9-21(15-19(17)16-39)36-30-34-12-10-24(37-30)27-26(38-29(33)41-27)18-4-2-5-20(14-18)35-28(40)25-22(31)6-3-7-23(25)32/h2-10,12,14-15H,11,13,16H2,1H3,(H2,33,38)(H,35,40)(H,34,36,37). The van der Waals surface area contributed by atoms with E-state index in [-0.39, 0.29) is 0 Å². The number of hydrogen-bond acceptors (Lipinski definition) is 8. The van der Waals surface area contributed by atoms with Crippen LogP contribution in [0.2, 0.25) is 0 Å². The maximum atomic E-state index is 14.1. The van der Waals surface area contributed by atoms with Crippen molar-refractivity contribution in [1.82, 2.24) is 19.9 Å². The van der Waals surface area contributed by atoms with E-state index in [4.69, 9.17) is 10.7 Å². The predicted molar refractivity (Wildman–Crippen MR) is 157 cm³/mol. The van der Waals surface area contributed by atoms with Gasteiger partial charge in [0.15, 0.2) is 5.13 Å². The number of carbonyl (C=O) groups is 1. The first-order chi connectivity index (χ1) is 19.8. The molecule has 0 bridgehead atoms. The van der Waals surface area contributed by atoms with Crippen LogP contribution in [0.25, 0.3) is 21.8 Å². The van der Waals surface area contributed by atoms with Crippen molar-refractivity contribution in [2.45, 2.75) is 13.0 Å². The van der Waals surface area contributed by atoms with E-state index in [1.165, 1.54) is 28.5 Å². The Labute approximate surface area is 238 Å². The maximum absolute atomic E-state index is 14.1. The van der Waals surface area contributed by atoms with Crippen LogP contribution in [0.5, 0.6) is 0 Å². The van der Waals surface area contributed by atoms with Crippen molar-refractivity contribution in [3.8, 4) is 21.8 Å². The molecule has 6 rings (SSSR count). The summed E-state index contributed by atoms with van der Waals surface area (Å²) in [6.07, 6.45) is 2.69.